The quantitative estimate of drug-likeness (QED) is 0.461. The number of fused-ring (bicyclic) bond motifs is 1. The van der Waals surface area contributed by atoms with E-state index in [0.29, 0.717) is 29.1 Å². The van der Waals surface area contributed by atoms with Gasteiger partial charge in [0.25, 0.3) is 0 Å². The van der Waals surface area contributed by atoms with Crippen LogP contribution in [-0.4, -0.2) is 84.2 Å². The fourth-order valence-electron chi connectivity index (χ4n) is 5.79. The molecule has 1 fully saturated rings. The Hall–Kier alpha value is -5.00. The number of hydrogen-bond donors (Lipinski definition) is 1. The minimum absolute atomic E-state index is 0.0659. The normalized spacial score (nSPS) is 19.9. The number of likely N-dealkylation sites (tertiary alicyclic amines) is 1. The summed E-state index contributed by atoms with van der Waals surface area (Å²) in [6.07, 6.45) is 7.79. The van der Waals surface area contributed by atoms with E-state index >= 15 is 0 Å². The number of halogens is 1. The lowest BCUT2D eigenvalue weighted by atomic mass is 9.91. The summed E-state index contributed by atoms with van der Waals surface area (Å²) in [5.41, 5.74) is 5.34. The topological polar surface area (TPSA) is 126 Å². The zero-order chi connectivity index (χ0) is 29.4. The summed E-state index contributed by atoms with van der Waals surface area (Å²) in [5.74, 6) is -0.359. The average molecular weight is 569 g/mol. The van der Waals surface area contributed by atoms with Gasteiger partial charge in [0, 0.05) is 43.3 Å². The fraction of sp³-hybridized carbons (Fsp3) is 0.300. The van der Waals surface area contributed by atoms with Gasteiger partial charge in [0.05, 0.1) is 31.2 Å². The lowest BCUT2D eigenvalue weighted by Crippen LogP contribution is -2.47. The third-order valence-electron chi connectivity index (χ3n) is 7.89. The van der Waals surface area contributed by atoms with E-state index in [1.54, 1.807) is 42.5 Å². The molecule has 2 amide bonds. The highest BCUT2D eigenvalue weighted by Crippen LogP contribution is 2.39. The number of hydrogen-bond acceptors (Lipinski definition) is 8. The molecule has 4 heterocycles. The van der Waals surface area contributed by atoms with Gasteiger partial charge in [-0.3, -0.25) is 14.4 Å². The molecule has 0 saturated carbocycles. The number of para-hydroxylation sites is 1. The molecule has 2 aromatic heterocycles. The van der Waals surface area contributed by atoms with Crippen molar-refractivity contribution in [2.75, 3.05) is 25.0 Å². The lowest BCUT2D eigenvalue weighted by molar-refractivity contribution is -0.137. The number of rotatable bonds is 7. The number of benzene rings is 1. The van der Waals surface area contributed by atoms with Crippen LogP contribution in [-0.2, 0) is 21.4 Å². The molecule has 0 unspecified atom stereocenters. The van der Waals surface area contributed by atoms with Crippen molar-refractivity contribution in [3.05, 3.63) is 83.6 Å². The number of aryl methyl sites for hydroxylation is 1. The number of amides is 2. The molecule has 6 rings (SSSR count). The SMILES string of the molecule is CC(=O)C1=C2CC(c3ccnnc3)=CC=C2N(CC(=O)N2C[C@H](F)C[C@H]2C(=O)Nc2ccccc2-c2nncn2C)C1. The number of nitrogens with zero attached hydrogens (tertiary/aromatic N) is 7. The van der Waals surface area contributed by atoms with E-state index in [0.717, 1.165) is 22.4 Å². The molecule has 0 radical (unpaired) electrons. The molecule has 3 aromatic rings. The number of nitrogens with one attached hydrogen (secondary N) is 1. The van der Waals surface area contributed by atoms with Gasteiger partial charge in [0.15, 0.2) is 11.6 Å². The molecule has 2 atom stereocenters. The summed E-state index contributed by atoms with van der Waals surface area (Å²) >= 11 is 0. The maximum atomic E-state index is 14.7. The van der Waals surface area contributed by atoms with Crippen LogP contribution in [0.15, 0.2) is 78.0 Å². The molecule has 0 spiro atoms. The Morgan fingerprint density at radius 1 is 1.10 bits per heavy atom. The van der Waals surface area contributed by atoms with E-state index in [4.69, 9.17) is 0 Å². The molecule has 11 nitrogen and oxygen atoms in total. The number of carbonyl (C=O) groups is 3. The van der Waals surface area contributed by atoms with Gasteiger partial charge in [-0.25, -0.2) is 4.39 Å². The predicted octanol–water partition coefficient (Wildman–Crippen LogP) is 2.72. The molecule has 214 valence electrons. The van der Waals surface area contributed by atoms with Crippen LogP contribution < -0.4 is 5.32 Å². The maximum Gasteiger partial charge on any atom is 0.247 e. The van der Waals surface area contributed by atoms with Crippen LogP contribution in [0.3, 0.4) is 0 Å². The van der Waals surface area contributed by atoms with Crippen molar-refractivity contribution in [1.29, 1.82) is 0 Å². The van der Waals surface area contributed by atoms with Gasteiger partial charge in [0.1, 0.15) is 18.5 Å². The number of alkyl halides is 1. The van der Waals surface area contributed by atoms with Gasteiger partial charge in [-0.15, -0.1) is 10.2 Å². The second-order valence-corrected chi connectivity index (χ2v) is 10.6. The van der Waals surface area contributed by atoms with Crippen molar-refractivity contribution in [2.45, 2.75) is 32.0 Å². The molecule has 1 N–H and O–H groups in total. The molecule has 0 bridgehead atoms. The molecule has 2 aliphatic heterocycles. The van der Waals surface area contributed by atoms with Gasteiger partial charge in [-0.2, -0.15) is 10.2 Å². The third-order valence-corrected chi connectivity index (χ3v) is 7.89. The third kappa shape index (κ3) is 5.11. The Balaban J connectivity index is 1.20. The van der Waals surface area contributed by atoms with Crippen molar-refractivity contribution < 1.29 is 18.8 Å². The highest BCUT2D eigenvalue weighted by molar-refractivity contribution is 6.01. The van der Waals surface area contributed by atoms with Crippen LogP contribution in [0.5, 0.6) is 0 Å². The Bertz CT molecular complexity index is 1660. The predicted molar refractivity (Wildman–Crippen MR) is 152 cm³/mol. The Morgan fingerprint density at radius 3 is 2.67 bits per heavy atom. The van der Waals surface area contributed by atoms with E-state index in [-0.39, 0.29) is 37.7 Å². The zero-order valence-electron chi connectivity index (χ0n) is 23.2. The first-order chi connectivity index (χ1) is 20.3. The van der Waals surface area contributed by atoms with Crippen LogP contribution in [0.4, 0.5) is 10.1 Å². The van der Waals surface area contributed by atoms with Crippen molar-refractivity contribution in [3.8, 4) is 11.4 Å². The van der Waals surface area contributed by atoms with Crippen molar-refractivity contribution >= 4 is 28.9 Å². The number of allylic oxidation sites excluding steroid dienone is 4. The highest BCUT2D eigenvalue weighted by Gasteiger charge is 2.41. The fourth-order valence-corrected chi connectivity index (χ4v) is 5.79. The van der Waals surface area contributed by atoms with Crippen LogP contribution >= 0.6 is 0 Å². The molecule has 1 saturated heterocycles. The summed E-state index contributed by atoms with van der Waals surface area (Å²) in [7, 11) is 1.80. The number of Topliss-reactive ketones (excluding diaryl/α,β-unsaturated/α-hetero) is 1. The number of carbonyl (C=O) groups excluding carboxylic acids is 3. The number of anilines is 1. The number of ketones is 1. The Kier molecular flexibility index (Phi) is 7.19. The van der Waals surface area contributed by atoms with E-state index < -0.39 is 18.1 Å². The van der Waals surface area contributed by atoms with Gasteiger partial charge in [-0.05, 0) is 47.9 Å². The molecule has 1 aromatic carbocycles. The highest BCUT2D eigenvalue weighted by atomic mass is 19.1. The molecule has 1 aliphatic carbocycles. The summed E-state index contributed by atoms with van der Waals surface area (Å²) in [6.45, 7) is 1.53. The number of aromatic nitrogens is 5. The standard InChI is InChI=1S/C30H29FN8O3/c1-18(40)24-15-38(26-8-7-19(11-23(24)26)20-9-10-32-33-13-20)16-28(41)39-14-21(31)12-27(39)30(42)35-25-6-4-3-5-22(25)29-36-34-17-37(29)2/h3-10,13,17,21,27H,11-12,14-16H2,1-2H3,(H,35,42)/t21-,27+/m1/s1. The van der Waals surface area contributed by atoms with Gasteiger partial charge in [0.2, 0.25) is 11.8 Å². The summed E-state index contributed by atoms with van der Waals surface area (Å²) in [4.78, 5) is 42.8. The monoisotopic (exact) mass is 568 g/mol. The summed E-state index contributed by atoms with van der Waals surface area (Å²) < 4.78 is 16.4. The van der Waals surface area contributed by atoms with E-state index in [9.17, 15) is 18.8 Å². The van der Waals surface area contributed by atoms with Crippen molar-refractivity contribution in [1.82, 2.24) is 34.8 Å². The van der Waals surface area contributed by atoms with Gasteiger partial charge in [-0.1, -0.05) is 18.2 Å². The van der Waals surface area contributed by atoms with E-state index in [1.807, 2.05) is 35.3 Å². The smallest absolute Gasteiger partial charge is 0.247 e. The van der Waals surface area contributed by atoms with Gasteiger partial charge < -0.3 is 19.7 Å². The average Bonchev–Trinajstić information content (AvgIpc) is 3.70. The summed E-state index contributed by atoms with van der Waals surface area (Å²) in [6, 6.07) is 8.02. The van der Waals surface area contributed by atoms with Crippen molar-refractivity contribution in [2.24, 2.45) is 7.05 Å². The first-order valence-corrected chi connectivity index (χ1v) is 13.6. The zero-order valence-corrected chi connectivity index (χ0v) is 23.2. The maximum absolute atomic E-state index is 14.7. The minimum Gasteiger partial charge on any atom is -0.357 e. The first-order valence-electron chi connectivity index (χ1n) is 13.6. The van der Waals surface area contributed by atoms with Crippen molar-refractivity contribution in [3.63, 3.8) is 0 Å². The summed E-state index contributed by atoms with van der Waals surface area (Å²) in [5, 5.41) is 18.7. The van der Waals surface area contributed by atoms with Crippen LogP contribution in [0, 0.1) is 0 Å². The molecular formula is C30H29FN8O3. The van der Waals surface area contributed by atoms with Crippen LogP contribution in [0.1, 0.15) is 25.3 Å². The Labute approximate surface area is 241 Å². The van der Waals surface area contributed by atoms with E-state index in [1.165, 1.54) is 11.8 Å². The second-order valence-electron chi connectivity index (χ2n) is 10.6. The van der Waals surface area contributed by atoms with Gasteiger partial charge >= 0.3 is 0 Å². The first kappa shape index (κ1) is 27.2. The molecular weight excluding hydrogens is 539 g/mol. The van der Waals surface area contributed by atoms with Crippen LogP contribution in [0.2, 0.25) is 0 Å². The van der Waals surface area contributed by atoms with E-state index in [2.05, 4.69) is 25.7 Å². The Morgan fingerprint density at radius 2 is 1.93 bits per heavy atom. The lowest BCUT2D eigenvalue weighted by Gasteiger charge is -2.29. The second kappa shape index (κ2) is 11.1. The molecule has 42 heavy (non-hydrogen) atoms. The molecule has 12 heteroatoms. The minimum atomic E-state index is -1.33. The van der Waals surface area contributed by atoms with Crippen LogP contribution in [0.25, 0.3) is 17.0 Å². The molecule has 3 aliphatic rings. The largest absolute Gasteiger partial charge is 0.357 e.